The molecule has 1 aliphatic carbocycles. The van der Waals surface area contributed by atoms with Gasteiger partial charge in [-0.2, -0.15) is 5.10 Å². The highest BCUT2D eigenvalue weighted by Crippen LogP contribution is 2.37. The molecule has 3 nitrogen and oxygen atoms in total. The fraction of sp³-hybridized carbons (Fsp3) is 0.727. The molecule has 3 heteroatoms. The van der Waals surface area contributed by atoms with Gasteiger partial charge in [-0.1, -0.05) is 12.8 Å². The lowest BCUT2D eigenvalue weighted by Gasteiger charge is -2.11. The van der Waals surface area contributed by atoms with Crippen LogP contribution in [0.4, 0.5) is 0 Å². The minimum atomic E-state index is -0.316. The van der Waals surface area contributed by atoms with E-state index in [4.69, 9.17) is 0 Å². The SMILES string of the molecule is CCn1nc(C)cc1C(O)CC1CC1. The van der Waals surface area contributed by atoms with Gasteiger partial charge < -0.3 is 5.11 Å². The Kier molecular flexibility index (Phi) is 2.59. The summed E-state index contributed by atoms with van der Waals surface area (Å²) in [6.07, 6.45) is 3.17. The van der Waals surface area contributed by atoms with E-state index in [1.165, 1.54) is 12.8 Å². The van der Waals surface area contributed by atoms with Crippen LogP contribution in [0.2, 0.25) is 0 Å². The first-order chi connectivity index (χ1) is 6.70. The van der Waals surface area contributed by atoms with Crippen LogP contribution >= 0.6 is 0 Å². The predicted molar refractivity (Wildman–Crippen MR) is 54.9 cm³/mol. The summed E-state index contributed by atoms with van der Waals surface area (Å²) < 4.78 is 1.91. The predicted octanol–water partition coefficient (Wildman–Crippen LogP) is 2.04. The van der Waals surface area contributed by atoms with E-state index in [1.807, 2.05) is 17.7 Å². The molecule has 1 aliphatic rings. The van der Waals surface area contributed by atoms with Crippen LogP contribution in [0.3, 0.4) is 0 Å². The second kappa shape index (κ2) is 3.73. The Labute approximate surface area is 84.7 Å². The summed E-state index contributed by atoms with van der Waals surface area (Å²) in [5.41, 5.74) is 1.98. The van der Waals surface area contributed by atoms with E-state index in [0.717, 1.165) is 30.3 Å². The average Bonchev–Trinajstić information content (AvgIpc) is 2.87. The summed E-state index contributed by atoms with van der Waals surface area (Å²) in [6.45, 7) is 4.87. The standard InChI is InChI=1S/C11H18N2O/c1-3-13-10(6-8(2)12-13)11(14)7-9-4-5-9/h6,9,11,14H,3-5,7H2,1-2H3. The van der Waals surface area contributed by atoms with Gasteiger partial charge in [-0.15, -0.1) is 0 Å². The Bertz CT molecular complexity index is 315. The topological polar surface area (TPSA) is 38.0 Å². The first-order valence-corrected chi connectivity index (χ1v) is 5.43. The van der Waals surface area contributed by atoms with E-state index in [1.54, 1.807) is 0 Å². The van der Waals surface area contributed by atoms with Crippen LogP contribution in [0.5, 0.6) is 0 Å². The zero-order valence-corrected chi connectivity index (χ0v) is 8.90. The quantitative estimate of drug-likeness (QED) is 0.796. The van der Waals surface area contributed by atoms with Gasteiger partial charge in [0.2, 0.25) is 0 Å². The second-order valence-electron chi connectivity index (χ2n) is 4.22. The van der Waals surface area contributed by atoms with Gasteiger partial charge in [-0.25, -0.2) is 0 Å². The summed E-state index contributed by atoms with van der Waals surface area (Å²) in [5.74, 6) is 0.755. The van der Waals surface area contributed by atoms with Crippen molar-refractivity contribution in [3.05, 3.63) is 17.5 Å². The van der Waals surface area contributed by atoms with Gasteiger partial charge in [-0.3, -0.25) is 4.68 Å². The summed E-state index contributed by atoms with van der Waals surface area (Å²) >= 11 is 0. The van der Waals surface area contributed by atoms with Gasteiger partial charge in [0.05, 0.1) is 17.5 Å². The molecule has 0 spiro atoms. The molecule has 0 aromatic carbocycles. The zero-order valence-electron chi connectivity index (χ0n) is 8.90. The van der Waals surface area contributed by atoms with Gasteiger partial charge in [0.15, 0.2) is 0 Å². The summed E-state index contributed by atoms with van der Waals surface area (Å²) in [7, 11) is 0. The molecule has 0 saturated heterocycles. The largest absolute Gasteiger partial charge is 0.387 e. The van der Waals surface area contributed by atoms with Crippen molar-refractivity contribution in [3.8, 4) is 0 Å². The smallest absolute Gasteiger partial charge is 0.0959 e. The molecule has 0 aliphatic heterocycles. The molecule has 1 saturated carbocycles. The first-order valence-electron chi connectivity index (χ1n) is 5.43. The molecule has 1 atom stereocenters. The van der Waals surface area contributed by atoms with Gasteiger partial charge in [0, 0.05) is 6.54 Å². The maximum Gasteiger partial charge on any atom is 0.0959 e. The molecular formula is C11H18N2O. The van der Waals surface area contributed by atoms with Crippen LogP contribution in [-0.2, 0) is 6.54 Å². The third-order valence-electron chi connectivity index (χ3n) is 2.83. The van der Waals surface area contributed by atoms with Crippen molar-refractivity contribution in [1.29, 1.82) is 0 Å². The maximum atomic E-state index is 10.00. The van der Waals surface area contributed by atoms with Crippen molar-refractivity contribution in [2.45, 2.75) is 45.8 Å². The lowest BCUT2D eigenvalue weighted by molar-refractivity contribution is 0.149. The number of hydrogen-bond acceptors (Lipinski definition) is 2. The Morgan fingerprint density at radius 2 is 2.36 bits per heavy atom. The van der Waals surface area contributed by atoms with Gasteiger partial charge >= 0.3 is 0 Å². The number of aliphatic hydroxyl groups is 1. The fourth-order valence-corrected chi connectivity index (χ4v) is 1.88. The molecular weight excluding hydrogens is 176 g/mol. The van der Waals surface area contributed by atoms with E-state index < -0.39 is 0 Å². The first kappa shape index (κ1) is 9.71. The van der Waals surface area contributed by atoms with Crippen molar-refractivity contribution in [2.24, 2.45) is 5.92 Å². The molecule has 2 rings (SSSR count). The van der Waals surface area contributed by atoms with Crippen molar-refractivity contribution >= 4 is 0 Å². The van der Waals surface area contributed by atoms with Crippen molar-refractivity contribution < 1.29 is 5.11 Å². The van der Waals surface area contributed by atoms with Crippen LogP contribution < -0.4 is 0 Å². The third kappa shape index (κ3) is 1.98. The molecule has 78 valence electrons. The summed E-state index contributed by atoms with van der Waals surface area (Å²) in [5, 5.41) is 14.3. The molecule has 0 bridgehead atoms. The Morgan fingerprint density at radius 3 is 2.93 bits per heavy atom. The van der Waals surface area contributed by atoms with Crippen molar-refractivity contribution in [1.82, 2.24) is 9.78 Å². The highest BCUT2D eigenvalue weighted by Gasteiger charge is 2.26. The maximum absolute atomic E-state index is 10.00. The lowest BCUT2D eigenvalue weighted by atomic mass is 10.1. The van der Waals surface area contributed by atoms with E-state index in [2.05, 4.69) is 12.0 Å². The number of hydrogen-bond donors (Lipinski definition) is 1. The van der Waals surface area contributed by atoms with Crippen molar-refractivity contribution in [2.75, 3.05) is 0 Å². The average molecular weight is 194 g/mol. The minimum Gasteiger partial charge on any atom is -0.387 e. The zero-order chi connectivity index (χ0) is 10.1. The number of aromatic nitrogens is 2. The number of aryl methyl sites for hydroxylation is 2. The van der Waals surface area contributed by atoms with Gasteiger partial charge in [0.25, 0.3) is 0 Å². The Morgan fingerprint density at radius 1 is 1.64 bits per heavy atom. The normalized spacial score (nSPS) is 18.5. The van der Waals surface area contributed by atoms with Crippen LogP contribution in [0.15, 0.2) is 6.07 Å². The molecule has 1 aromatic rings. The molecule has 1 heterocycles. The highest BCUT2D eigenvalue weighted by molar-refractivity contribution is 5.12. The molecule has 1 N–H and O–H groups in total. The molecule has 14 heavy (non-hydrogen) atoms. The van der Waals surface area contributed by atoms with E-state index in [0.29, 0.717) is 0 Å². The van der Waals surface area contributed by atoms with Crippen LogP contribution in [0, 0.1) is 12.8 Å². The van der Waals surface area contributed by atoms with Crippen LogP contribution in [-0.4, -0.2) is 14.9 Å². The molecule has 0 radical (unpaired) electrons. The number of rotatable bonds is 4. The summed E-state index contributed by atoms with van der Waals surface area (Å²) in [4.78, 5) is 0. The second-order valence-corrected chi connectivity index (χ2v) is 4.22. The van der Waals surface area contributed by atoms with Gasteiger partial charge in [-0.05, 0) is 32.3 Å². The van der Waals surface area contributed by atoms with E-state index >= 15 is 0 Å². The number of nitrogens with zero attached hydrogens (tertiary/aromatic N) is 2. The molecule has 0 amide bonds. The molecule has 1 fully saturated rings. The van der Waals surface area contributed by atoms with E-state index in [9.17, 15) is 5.11 Å². The molecule has 1 unspecified atom stereocenters. The van der Waals surface area contributed by atoms with Gasteiger partial charge in [0.1, 0.15) is 0 Å². The Balaban J connectivity index is 2.11. The minimum absolute atomic E-state index is 0.316. The van der Waals surface area contributed by atoms with Crippen LogP contribution in [0.25, 0.3) is 0 Å². The van der Waals surface area contributed by atoms with Crippen molar-refractivity contribution in [3.63, 3.8) is 0 Å². The third-order valence-corrected chi connectivity index (χ3v) is 2.83. The van der Waals surface area contributed by atoms with Crippen LogP contribution in [0.1, 0.15) is 43.7 Å². The lowest BCUT2D eigenvalue weighted by Crippen LogP contribution is -2.08. The highest BCUT2D eigenvalue weighted by atomic mass is 16.3. The fourth-order valence-electron chi connectivity index (χ4n) is 1.88. The summed E-state index contributed by atoms with van der Waals surface area (Å²) in [6, 6.07) is 2.00. The monoisotopic (exact) mass is 194 g/mol. The number of aliphatic hydroxyl groups excluding tert-OH is 1. The molecule has 1 aromatic heterocycles. The Hall–Kier alpha value is -0.830. The van der Waals surface area contributed by atoms with E-state index in [-0.39, 0.29) is 6.10 Å².